The fraction of sp³-hybridized carbons (Fsp3) is 0.565. The fourth-order valence-corrected chi connectivity index (χ4v) is 3.41. The summed E-state index contributed by atoms with van der Waals surface area (Å²) in [7, 11) is 3.82. The number of carbonyl (C=O) groups is 2. The first kappa shape index (κ1) is 23.7. The van der Waals surface area contributed by atoms with E-state index in [0.29, 0.717) is 43.4 Å². The smallest absolute Gasteiger partial charge is 0.290 e. The van der Waals surface area contributed by atoms with Crippen LogP contribution < -0.4 is 9.47 Å². The summed E-state index contributed by atoms with van der Waals surface area (Å²) in [5, 5.41) is 10.7. The Morgan fingerprint density at radius 3 is 2.27 bits per heavy atom. The van der Waals surface area contributed by atoms with Gasteiger partial charge >= 0.3 is 0 Å². The lowest BCUT2D eigenvalue weighted by Crippen LogP contribution is -2.37. The normalized spacial score (nSPS) is 17.1. The van der Waals surface area contributed by atoms with E-state index in [1.165, 1.54) is 0 Å². The molecule has 1 amide bonds. The van der Waals surface area contributed by atoms with Gasteiger partial charge in [-0.25, -0.2) is 0 Å². The highest BCUT2D eigenvalue weighted by atomic mass is 16.5. The minimum atomic E-state index is -0.743. The molecule has 1 aromatic carbocycles. The molecule has 0 aliphatic carbocycles. The third kappa shape index (κ3) is 4.95. The number of carbonyl (C=O) groups excluding carboxylic acids is 2. The molecule has 1 aliphatic heterocycles. The highest BCUT2D eigenvalue weighted by molar-refractivity contribution is 6.10. The van der Waals surface area contributed by atoms with Gasteiger partial charge in [-0.3, -0.25) is 9.59 Å². The number of nitrogens with zero attached hydrogens (tertiary/aromatic N) is 2. The lowest BCUT2D eigenvalue weighted by atomic mass is 9.82. The molecule has 0 saturated heterocycles. The Balaban J connectivity index is 2.60. The molecule has 1 heterocycles. The molecule has 2 rings (SSSR count). The van der Waals surface area contributed by atoms with Gasteiger partial charge in [0.2, 0.25) is 0 Å². The third-order valence-corrected chi connectivity index (χ3v) is 4.90. The molecule has 1 aromatic rings. The summed E-state index contributed by atoms with van der Waals surface area (Å²) in [5.74, 6) is -0.0978. The number of hydrogen-bond acceptors (Lipinski definition) is 6. The molecule has 0 fully saturated rings. The first-order chi connectivity index (χ1) is 14.0. The summed E-state index contributed by atoms with van der Waals surface area (Å²) in [6, 6.07) is 4.72. The van der Waals surface area contributed by atoms with E-state index in [4.69, 9.17) is 9.47 Å². The van der Waals surface area contributed by atoms with Crippen molar-refractivity contribution in [3.05, 3.63) is 35.1 Å². The molecule has 0 saturated carbocycles. The molecule has 1 N–H and O–H groups in total. The van der Waals surface area contributed by atoms with Crippen molar-refractivity contribution in [3.8, 4) is 11.5 Å². The average Bonchev–Trinajstić information content (AvgIpc) is 2.91. The Hall–Kier alpha value is -2.54. The van der Waals surface area contributed by atoms with Crippen LogP contribution in [0.1, 0.15) is 46.2 Å². The van der Waals surface area contributed by atoms with E-state index >= 15 is 0 Å². The maximum atomic E-state index is 13.2. The Labute approximate surface area is 179 Å². The van der Waals surface area contributed by atoms with Crippen LogP contribution in [0.3, 0.4) is 0 Å². The molecule has 166 valence electrons. The van der Waals surface area contributed by atoms with Gasteiger partial charge in [-0.2, -0.15) is 0 Å². The van der Waals surface area contributed by atoms with Crippen molar-refractivity contribution in [1.29, 1.82) is 0 Å². The maximum absolute atomic E-state index is 13.2. The quantitative estimate of drug-likeness (QED) is 0.663. The van der Waals surface area contributed by atoms with Crippen LogP contribution in [-0.2, 0) is 9.59 Å². The van der Waals surface area contributed by atoms with Crippen LogP contribution in [0.25, 0.3) is 0 Å². The van der Waals surface area contributed by atoms with Crippen molar-refractivity contribution < 1.29 is 24.2 Å². The Kier molecular flexibility index (Phi) is 7.53. The van der Waals surface area contributed by atoms with Gasteiger partial charge in [0, 0.05) is 18.5 Å². The predicted octanol–water partition coefficient (Wildman–Crippen LogP) is 3.36. The number of Topliss-reactive ketones (excluding diaryl/α,β-unsaturated/α-hetero) is 1. The van der Waals surface area contributed by atoms with Crippen LogP contribution in [0.5, 0.6) is 11.5 Å². The molecular formula is C23H34N2O5. The molecular weight excluding hydrogens is 384 g/mol. The zero-order valence-electron chi connectivity index (χ0n) is 19.1. The molecule has 1 atom stereocenters. The van der Waals surface area contributed by atoms with Gasteiger partial charge in [-0.1, -0.05) is 26.8 Å². The van der Waals surface area contributed by atoms with Crippen LogP contribution in [0.4, 0.5) is 0 Å². The van der Waals surface area contributed by atoms with E-state index in [1.54, 1.807) is 37.8 Å². The van der Waals surface area contributed by atoms with Gasteiger partial charge in [0.15, 0.2) is 23.0 Å². The molecule has 1 unspecified atom stereocenters. The van der Waals surface area contributed by atoms with Crippen molar-refractivity contribution in [2.75, 3.05) is 40.4 Å². The summed E-state index contributed by atoms with van der Waals surface area (Å²) < 4.78 is 11.4. The molecule has 30 heavy (non-hydrogen) atoms. The van der Waals surface area contributed by atoms with Crippen LogP contribution in [-0.4, -0.2) is 67.0 Å². The summed E-state index contributed by atoms with van der Waals surface area (Å²) in [6.07, 6.45) is 0. The fourth-order valence-electron chi connectivity index (χ4n) is 3.41. The number of benzene rings is 1. The number of likely N-dealkylation sites (N-methyl/N-ethyl adjacent to an activating group) is 1. The lowest BCUT2D eigenvalue weighted by Gasteiger charge is -2.30. The number of rotatable bonds is 9. The number of ether oxygens (including phenoxy) is 2. The Morgan fingerprint density at radius 1 is 1.13 bits per heavy atom. The van der Waals surface area contributed by atoms with Gasteiger partial charge in [0.1, 0.15) is 0 Å². The van der Waals surface area contributed by atoms with Gasteiger partial charge < -0.3 is 24.4 Å². The highest BCUT2D eigenvalue weighted by Gasteiger charge is 2.46. The number of aliphatic hydroxyl groups excluding tert-OH is 1. The minimum absolute atomic E-state index is 0.137. The van der Waals surface area contributed by atoms with Crippen LogP contribution >= 0.6 is 0 Å². The van der Waals surface area contributed by atoms with E-state index < -0.39 is 23.1 Å². The zero-order valence-corrected chi connectivity index (χ0v) is 19.1. The van der Waals surface area contributed by atoms with E-state index in [1.807, 2.05) is 38.9 Å². The van der Waals surface area contributed by atoms with Gasteiger partial charge in [-0.05, 0) is 45.6 Å². The molecule has 0 spiro atoms. The maximum Gasteiger partial charge on any atom is 0.290 e. The number of amides is 1. The van der Waals surface area contributed by atoms with E-state index in [0.717, 1.165) is 0 Å². The number of aliphatic hydroxyl groups is 1. The second-order valence-corrected chi connectivity index (χ2v) is 8.62. The van der Waals surface area contributed by atoms with E-state index in [-0.39, 0.29) is 11.4 Å². The highest BCUT2D eigenvalue weighted by Crippen LogP contribution is 2.43. The Bertz CT molecular complexity index is 823. The van der Waals surface area contributed by atoms with Gasteiger partial charge in [0.05, 0.1) is 24.8 Å². The van der Waals surface area contributed by atoms with Crippen LogP contribution in [0, 0.1) is 5.41 Å². The predicted molar refractivity (Wildman–Crippen MR) is 116 cm³/mol. The van der Waals surface area contributed by atoms with E-state index in [9.17, 15) is 14.7 Å². The van der Waals surface area contributed by atoms with Crippen molar-refractivity contribution in [1.82, 2.24) is 9.80 Å². The van der Waals surface area contributed by atoms with Gasteiger partial charge in [0.25, 0.3) is 5.91 Å². The zero-order chi connectivity index (χ0) is 22.6. The Morgan fingerprint density at radius 2 is 1.73 bits per heavy atom. The first-order valence-electron chi connectivity index (χ1n) is 10.4. The molecule has 0 aromatic heterocycles. The van der Waals surface area contributed by atoms with Crippen LogP contribution in [0.2, 0.25) is 0 Å². The second kappa shape index (κ2) is 9.51. The summed E-state index contributed by atoms with van der Waals surface area (Å²) in [6.45, 7) is 11.0. The average molecular weight is 419 g/mol. The molecule has 7 nitrogen and oxygen atoms in total. The lowest BCUT2D eigenvalue weighted by molar-refractivity contribution is -0.129. The van der Waals surface area contributed by atoms with Crippen molar-refractivity contribution >= 4 is 11.7 Å². The first-order valence-corrected chi connectivity index (χ1v) is 10.4. The second-order valence-electron chi connectivity index (χ2n) is 8.62. The summed E-state index contributed by atoms with van der Waals surface area (Å²) in [5.41, 5.74) is 0.0939. The third-order valence-electron chi connectivity index (χ3n) is 4.90. The van der Waals surface area contributed by atoms with E-state index in [2.05, 4.69) is 0 Å². The molecule has 1 aliphatic rings. The molecule has 7 heteroatoms. The van der Waals surface area contributed by atoms with Crippen molar-refractivity contribution in [2.24, 2.45) is 5.41 Å². The molecule has 0 radical (unpaired) electrons. The largest absolute Gasteiger partial charge is 0.503 e. The summed E-state index contributed by atoms with van der Waals surface area (Å²) in [4.78, 5) is 29.6. The van der Waals surface area contributed by atoms with Gasteiger partial charge in [-0.15, -0.1) is 0 Å². The SMILES string of the molecule is CCOc1ccc(C2C(C(=O)C(C)(C)C)=C(O)C(=O)N2CCN(C)C)cc1OCC. The minimum Gasteiger partial charge on any atom is -0.503 e. The van der Waals surface area contributed by atoms with Crippen LogP contribution in [0.15, 0.2) is 29.5 Å². The number of hydrogen-bond donors (Lipinski definition) is 1. The number of ketones is 1. The van der Waals surface area contributed by atoms with Crippen molar-refractivity contribution in [2.45, 2.75) is 40.7 Å². The topological polar surface area (TPSA) is 79.3 Å². The summed E-state index contributed by atoms with van der Waals surface area (Å²) >= 11 is 0. The van der Waals surface area contributed by atoms with Crippen molar-refractivity contribution in [3.63, 3.8) is 0 Å². The molecule has 0 bridgehead atoms. The monoisotopic (exact) mass is 418 g/mol. The standard InChI is InChI=1S/C23H34N2O5/c1-8-29-16-11-10-15(14-17(16)30-9-2)19-18(21(27)23(3,4)5)20(26)22(28)25(19)13-12-24(6)7/h10-11,14,19,26H,8-9,12-13H2,1-7H3.